The van der Waals surface area contributed by atoms with Crippen LogP contribution in [0.15, 0.2) is 54.6 Å². The monoisotopic (exact) mass is 363 g/mol. The van der Waals surface area contributed by atoms with E-state index in [1.165, 1.54) is 12.1 Å². The highest BCUT2D eigenvalue weighted by Gasteiger charge is 2.18. The third-order valence-corrected chi connectivity index (χ3v) is 5.47. The number of aryl methyl sites for hydroxylation is 1. The maximum Gasteiger partial charge on any atom is 0.235 e. The molecule has 0 saturated heterocycles. The first kappa shape index (κ1) is 19.1. The lowest BCUT2D eigenvalue weighted by Gasteiger charge is -2.14. The van der Waals surface area contributed by atoms with Crippen molar-refractivity contribution in [2.75, 3.05) is 11.5 Å². The molecule has 1 amide bonds. The van der Waals surface area contributed by atoms with Crippen LogP contribution in [0.2, 0.25) is 0 Å². The number of halogens is 1. The molecule has 0 fully saturated rings. The van der Waals surface area contributed by atoms with Crippen molar-refractivity contribution in [3.8, 4) is 0 Å². The van der Waals surface area contributed by atoms with Crippen molar-refractivity contribution in [2.24, 2.45) is 0 Å². The van der Waals surface area contributed by atoms with Crippen molar-refractivity contribution in [3.63, 3.8) is 0 Å². The van der Waals surface area contributed by atoms with Gasteiger partial charge in [-0.05, 0) is 43.0 Å². The topological polar surface area (TPSA) is 63.2 Å². The SMILES string of the molecule is CC(NC(=O)CS(=O)(=O)CCCc1ccccc1)c1ccc(F)cc1. The van der Waals surface area contributed by atoms with E-state index in [-0.39, 0.29) is 17.6 Å². The molecule has 25 heavy (non-hydrogen) atoms. The summed E-state index contributed by atoms with van der Waals surface area (Å²) < 4.78 is 37.1. The van der Waals surface area contributed by atoms with Gasteiger partial charge in [-0.15, -0.1) is 0 Å². The zero-order valence-electron chi connectivity index (χ0n) is 14.1. The third-order valence-electron chi connectivity index (χ3n) is 3.86. The summed E-state index contributed by atoms with van der Waals surface area (Å²) in [6, 6.07) is 15.0. The molecule has 0 aliphatic heterocycles. The van der Waals surface area contributed by atoms with Gasteiger partial charge < -0.3 is 5.32 Å². The van der Waals surface area contributed by atoms with Gasteiger partial charge in [-0.1, -0.05) is 42.5 Å². The molecule has 1 atom stereocenters. The Morgan fingerprint density at radius 2 is 1.72 bits per heavy atom. The van der Waals surface area contributed by atoms with Gasteiger partial charge in [0.15, 0.2) is 9.84 Å². The molecule has 1 N–H and O–H groups in total. The fraction of sp³-hybridized carbons (Fsp3) is 0.316. The van der Waals surface area contributed by atoms with E-state index in [2.05, 4.69) is 5.32 Å². The maximum atomic E-state index is 12.9. The second-order valence-electron chi connectivity index (χ2n) is 6.02. The molecule has 134 valence electrons. The van der Waals surface area contributed by atoms with Crippen LogP contribution in [-0.4, -0.2) is 25.8 Å². The lowest BCUT2D eigenvalue weighted by Crippen LogP contribution is -2.33. The Kier molecular flexibility index (Phi) is 6.70. The molecule has 2 aromatic carbocycles. The van der Waals surface area contributed by atoms with Crippen molar-refractivity contribution in [2.45, 2.75) is 25.8 Å². The summed E-state index contributed by atoms with van der Waals surface area (Å²) in [5.74, 6) is -1.46. The van der Waals surface area contributed by atoms with Gasteiger partial charge in [0.2, 0.25) is 5.91 Å². The molecule has 2 aromatic rings. The van der Waals surface area contributed by atoms with E-state index < -0.39 is 21.5 Å². The number of carbonyl (C=O) groups excluding carboxylic acids is 1. The highest BCUT2D eigenvalue weighted by molar-refractivity contribution is 7.92. The van der Waals surface area contributed by atoms with Crippen LogP contribution in [0, 0.1) is 5.82 Å². The van der Waals surface area contributed by atoms with Crippen molar-refractivity contribution in [3.05, 3.63) is 71.5 Å². The van der Waals surface area contributed by atoms with Gasteiger partial charge in [0.05, 0.1) is 11.8 Å². The summed E-state index contributed by atoms with van der Waals surface area (Å²) in [5.41, 5.74) is 1.79. The van der Waals surface area contributed by atoms with Crippen LogP contribution in [0.1, 0.15) is 30.5 Å². The normalized spacial score (nSPS) is 12.6. The van der Waals surface area contributed by atoms with Crippen LogP contribution in [0.4, 0.5) is 4.39 Å². The molecule has 4 nitrogen and oxygen atoms in total. The van der Waals surface area contributed by atoms with Gasteiger partial charge in [0, 0.05) is 0 Å². The zero-order chi connectivity index (χ0) is 18.3. The van der Waals surface area contributed by atoms with Crippen LogP contribution in [0.3, 0.4) is 0 Å². The number of hydrogen-bond acceptors (Lipinski definition) is 3. The minimum atomic E-state index is -3.46. The zero-order valence-corrected chi connectivity index (χ0v) is 14.9. The van der Waals surface area contributed by atoms with Gasteiger partial charge in [0.25, 0.3) is 0 Å². The van der Waals surface area contributed by atoms with Crippen molar-refractivity contribution >= 4 is 15.7 Å². The number of amides is 1. The second-order valence-corrected chi connectivity index (χ2v) is 8.21. The van der Waals surface area contributed by atoms with Gasteiger partial charge in [-0.25, -0.2) is 12.8 Å². The number of benzene rings is 2. The first-order valence-electron chi connectivity index (χ1n) is 8.15. The summed E-state index contributed by atoms with van der Waals surface area (Å²) in [4.78, 5) is 12.0. The number of hydrogen-bond donors (Lipinski definition) is 1. The molecular formula is C19H22FNO3S. The molecule has 0 bridgehead atoms. The highest BCUT2D eigenvalue weighted by Crippen LogP contribution is 2.13. The molecule has 0 aliphatic rings. The first-order valence-corrected chi connectivity index (χ1v) is 9.97. The number of nitrogens with one attached hydrogen (secondary N) is 1. The number of sulfone groups is 1. The molecular weight excluding hydrogens is 341 g/mol. The standard InChI is InChI=1S/C19H22FNO3S/c1-15(17-9-11-18(20)12-10-17)21-19(22)14-25(23,24)13-5-8-16-6-3-2-4-7-16/h2-4,6-7,9-12,15H,5,8,13-14H2,1H3,(H,21,22). The highest BCUT2D eigenvalue weighted by atomic mass is 32.2. The van der Waals surface area contributed by atoms with Gasteiger partial charge in [-0.3, -0.25) is 4.79 Å². The van der Waals surface area contributed by atoms with Gasteiger partial charge in [0.1, 0.15) is 11.6 Å². The van der Waals surface area contributed by atoms with Gasteiger partial charge in [-0.2, -0.15) is 0 Å². The fourth-order valence-electron chi connectivity index (χ4n) is 2.53. The summed E-state index contributed by atoms with van der Waals surface area (Å²) in [5, 5.41) is 2.64. The van der Waals surface area contributed by atoms with E-state index in [1.807, 2.05) is 30.3 Å². The van der Waals surface area contributed by atoms with E-state index in [4.69, 9.17) is 0 Å². The molecule has 0 radical (unpaired) electrons. The fourth-order valence-corrected chi connectivity index (χ4v) is 3.74. The van der Waals surface area contributed by atoms with E-state index in [0.717, 1.165) is 11.1 Å². The predicted octanol–water partition coefficient (Wildman–Crippen LogP) is 3.05. The summed E-state index contributed by atoms with van der Waals surface area (Å²) in [6.07, 6.45) is 1.14. The van der Waals surface area contributed by atoms with Crippen molar-refractivity contribution < 1.29 is 17.6 Å². The van der Waals surface area contributed by atoms with E-state index in [1.54, 1.807) is 19.1 Å². The van der Waals surface area contributed by atoms with Crippen molar-refractivity contribution in [1.82, 2.24) is 5.32 Å². The summed E-state index contributed by atoms with van der Waals surface area (Å²) in [6.45, 7) is 1.73. The van der Waals surface area contributed by atoms with E-state index in [9.17, 15) is 17.6 Å². The minimum absolute atomic E-state index is 0.0275. The van der Waals surface area contributed by atoms with Crippen LogP contribution >= 0.6 is 0 Å². The quantitative estimate of drug-likeness (QED) is 0.784. The Balaban J connectivity index is 1.80. The Hall–Kier alpha value is -2.21. The minimum Gasteiger partial charge on any atom is -0.349 e. The largest absolute Gasteiger partial charge is 0.349 e. The van der Waals surface area contributed by atoms with E-state index in [0.29, 0.717) is 12.8 Å². The van der Waals surface area contributed by atoms with E-state index >= 15 is 0 Å². The Bertz CT molecular complexity index is 789. The van der Waals surface area contributed by atoms with Crippen LogP contribution < -0.4 is 5.32 Å². The summed E-state index contributed by atoms with van der Waals surface area (Å²) in [7, 11) is -3.46. The Morgan fingerprint density at radius 3 is 2.36 bits per heavy atom. The Morgan fingerprint density at radius 1 is 1.08 bits per heavy atom. The van der Waals surface area contributed by atoms with Crippen LogP contribution in [-0.2, 0) is 21.1 Å². The maximum absolute atomic E-state index is 12.9. The molecule has 6 heteroatoms. The van der Waals surface area contributed by atoms with Crippen LogP contribution in [0.25, 0.3) is 0 Å². The van der Waals surface area contributed by atoms with Crippen LogP contribution in [0.5, 0.6) is 0 Å². The second kappa shape index (κ2) is 8.76. The smallest absolute Gasteiger partial charge is 0.235 e. The average molecular weight is 363 g/mol. The molecule has 2 rings (SSSR count). The summed E-state index contributed by atoms with van der Waals surface area (Å²) >= 11 is 0. The molecule has 0 aliphatic carbocycles. The van der Waals surface area contributed by atoms with Gasteiger partial charge >= 0.3 is 0 Å². The molecule has 0 saturated carbocycles. The lowest BCUT2D eigenvalue weighted by atomic mass is 10.1. The van der Waals surface area contributed by atoms with Crippen molar-refractivity contribution in [1.29, 1.82) is 0 Å². The third kappa shape index (κ3) is 6.66. The number of rotatable bonds is 8. The molecule has 1 unspecified atom stereocenters. The first-order chi connectivity index (χ1) is 11.9. The lowest BCUT2D eigenvalue weighted by molar-refractivity contribution is -0.119. The predicted molar refractivity (Wildman–Crippen MR) is 96.4 cm³/mol. The Labute approximate surface area is 148 Å². The average Bonchev–Trinajstić information content (AvgIpc) is 2.55. The number of carbonyl (C=O) groups is 1. The molecule has 0 heterocycles. The molecule has 0 aromatic heterocycles. The molecule has 0 spiro atoms.